The number of nitrogens with one attached hydrogen (secondary N) is 2. The molecular formula is C19H35IN4O. The van der Waals surface area contributed by atoms with Gasteiger partial charge >= 0.3 is 0 Å². The topological polar surface area (TPSA) is 48.9 Å². The number of unbranched alkanes of at least 4 members (excludes halogenated alkanes) is 1. The molecule has 1 aromatic rings. The van der Waals surface area contributed by atoms with Crippen LogP contribution in [-0.2, 0) is 6.42 Å². The van der Waals surface area contributed by atoms with Crippen molar-refractivity contribution in [1.82, 2.24) is 15.5 Å². The van der Waals surface area contributed by atoms with Crippen molar-refractivity contribution in [3.8, 4) is 5.75 Å². The van der Waals surface area contributed by atoms with E-state index in [9.17, 15) is 0 Å². The van der Waals surface area contributed by atoms with Crippen LogP contribution in [0.1, 0.15) is 32.3 Å². The SMILES string of the molecule is CN=C(NCCCCN(C)C(C)C)NCCc1ccc(OC)cc1.I. The zero-order valence-corrected chi connectivity index (χ0v) is 18.7. The predicted molar refractivity (Wildman–Crippen MR) is 118 cm³/mol. The normalized spacial score (nSPS) is 11.4. The Hall–Kier alpha value is -1.02. The molecule has 5 nitrogen and oxygen atoms in total. The quantitative estimate of drug-likeness (QED) is 0.243. The molecule has 0 aliphatic heterocycles. The number of nitrogens with zero attached hydrogens (tertiary/aromatic N) is 2. The predicted octanol–water partition coefficient (Wildman–Crippen LogP) is 3.14. The maximum Gasteiger partial charge on any atom is 0.190 e. The van der Waals surface area contributed by atoms with Crippen LogP contribution in [0.25, 0.3) is 0 Å². The van der Waals surface area contributed by atoms with Crippen LogP contribution in [0.5, 0.6) is 5.75 Å². The molecule has 0 unspecified atom stereocenters. The molecule has 144 valence electrons. The van der Waals surface area contributed by atoms with E-state index in [0.717, 1.165) is 44.2 Å². The first kappa shape index (κ1) is 24.0. The summed E-state index contributed by atoms with van der Waals surface area (Å²) in [6.45, 7) is 7.42. The summed E-state index contributed by atoms with van der Waals surface area (Å²) in [6.07, 6.45) is 3.31. The van der Waals surface area contributed by atoms with Crippen molar-refractivity contribution in [2.24, 2.45) is 4.99 Å². The highest BCUT2D eigenvalue weighted by Crippen LogP contribution is 2.11. The van der Waals surface area contributed by atoms with Crippen molar-refractivity contribution < 1.29 is 4.74 Å². The monoisotopic (exact) mass is 462 g/mol. The van der Waals surface area contributed by atoms with Gasteiger partial charge in [-0.05, 0) is 64.4 Å². The lowest BCUT2D eigenvalue weighted by Crippen LogP contribution is -2.39. The molecule has 0 amide bonds. The highest BCUT2D eigenvalue weighted by molar-refractivity contribution is 14.0. The summed E-state index contributed by atoms with van der Waals surface area (Å²) in [5, 5.41) is 6.74. The Labute approximate surface area is 170 Å². The van der Waals surface area contributed by atoms with Gasteiger partial charge in [-0.2, -0.15) is 0 Å². The molecule has 0 radical (unpaired) electrons. The third-order valence-electron chi connectivity index (χ3n) is 4.20. The van der Waals surface area contributed by atoms with Crippen LogP contribution in [0.15, 0.2) is 29.3 Å². The molecule has 0 spiro atoms. The maximum atomic E-state index is 5.17. The van der Waals surface area contributed by atoms with Crippen molar-refractivity contribution in [3.63, 3.8) is 0 Å². The lowest BCUT2D eigenvalue weighted by atomic mass is 10.1. The number of ether oxygens (including phenoxy) is 1. The number of halogens is 1. The lowest BCUT2D eigenvalue weighted by Gasteiger charge is -2.20. The van der Waals surface area contributed by atoms with Crippen LogP contribution < -0.4 is 15.4 Å². The van der Waals surface area contributed by atoms with E-state index >= 15 is 0 Å². The van der Waals surface area contributed by atoms with Crippen molar-refractivity contribution >= 4 is 29.9 Å². The van der Waals surface area contributed by atoms with E-state index in [1.165, 1.54) is 12.0 Å². The highest BCUT2D eigenvalue weighted by Gasteiger charge is 2.02. The van der Waals surface area contributed by atoms with E-state index in [4.69, 9.17) is 4.74 Å². The molecule has 25 heavy (non-hydrogen) atoms. The van der Waals surface area contributed by atoms with Crippen LogP contribution in [0.4, 0.5) is 0 Å². The molecule has 0 atom stereocenters. The summed E-state index contributed by atoms with van der Waals surface area (Å²) in [5.41, 5.74) is 1.29. The van der Waals surface area contributed by atoms with Crippen LogP contribution in [0, 0.1) is 0 Å². The van der Waals surface area contributed by atoms with Gasteiger partial charge in [-0.25, -0.2) is 0 Å². The van der Waals surface area contributed by atoms with Gasteiger partial charge in [0.05, 0.1) is 7.11 Å². The van der Waals surface area contributed by atoms with Crippen LogP contribution in [-0.4, -0.2) is 57.7 Å². The van der Waals surface area contributed by atoms with Gasteiger partial charge in [0.15, 0.2) is 5.96 Å². The van der Waals surface area contributed by atoms with Gasteiger partial charge in [-0.3, -0.25) is 4.99 Å². The molecule has 2 N–H and O–H groups in total. The summed E-state index contributed by atoms with van der Waals surface area (Å²) >= 11 is 0. The summed E-state index contributed by atoms with van der Waals surface area (Å²) in [6, 6.07) is 8.81. The van der Waals surface area contributed by atoms with E-state index in [1.54, 1.807) is 7.11 Å². The number of hydrogen-bond donors (Lipinski definition) is 2. The average molecular weight is 462 g/mol. The number of aliphatic imine (C=N–C) groups is 1. The lowest BCUT2D eigenvalue weighted by molar-refractivity contribution is 0.268. The summed E-state index contributed by atoms with van der Waals surface area (Å²) in [7, 11) is 5.68. The summed E-state index contributed by atoms with van der Waals surface area (Å²) in [4.78, 5) is 6.65. The third-order valence-corrected chi connectivity index (χ3v) is 4.20. The van der Waals surface area contributed by atoms with Crippen molar-refractivity contribution in [3.05, 3.63) is 29.8 Å². The van der Waals surface area contributed by atoms with Crippen LogP contribution in [0.2, 0.25) is 0 Å². The summed E-state index contributed by atoms with van der Waals surface area (Å²) in [5.74, 6) is 1.77. The Morgan fingerprint density at radius 3 is 2.32 bits per heavy atom. The number of rotatable bonds is 10. The Balaban J connectivity index is 0.00000576. The Kier molecular flexibility index (Phi) is 13.6. The first-order chi connectivity index (χ1) is 11.6. The minimum absolute atomic E-state index is 0. The highest BCUT2D eigenvalue weighted by atomic mass is 127. The minimum atomic E-state index is 0. The van der Waals surface area contributed by atoms with Gasteiger partial charge in [-0.15, -0.1) is 24.0 Å². The fourth-order valence-corrected chi connectivity index (χ4v) is 2.29. The molecule has 0 aromatic heterocycles. The molecule has 0 bridgehead atoms. The molecule has 0 aliphatic carbocycles. The molecule has 0 heterocycles. The second-order valence-electron chi connectivity index (χ2n) is 6.31. The second kappa shape index (κ2) is 14.2. The van der Waals surface area contributed by atoms with Crippen LogP contribution >= 0.6 is 24.0 Å². The van der Waals surface area contributed by atoms with Gasteiger partial charge < -0.3 is 20.3 Å². The zero-order valence-electron chi connectivity index (χ0n) is 16.3. The molecule has 0 saturated heterocycles. The Morgan fingerprint density at radius 2 is 1.76 bits per heavy atom. The van der Waals surface area contributed by atoms with Crippen LogP contribution in [0.3, 0.4) is 0 Å². The van der Waals surface area contributed by atoms with Gasteiger partial charge in [-0.1, -0.05) is 12.1 Å². The van der Waals surface area contributed by atoms with Gasteiger partial charge in [0.2, 0.25) is 0 Å². The number of methoxy groups -OCH3 is 1. The third kappa shape index (κ3) is 10.5. The molecule has 0 saturated carbocycles. The Bertz CT molecular complexity index is 477. The first-order valence-corrected chi connectivity index (χ1v) is 8.84. The van der Waals surface area contributed by atoms with Crippen molar-refractivity contribution in [2.45, 2.75) is 39.2 Å². The zero-order chi connectivity index (χ0) is 17.8. The summed E-state index contributed by atoms with van der Waals surface area (Å²) < 4.78 is 5.17. The fraction of sp³-hybridized carbons (Fsp3) is 0.632. The average Bonchev–Trinajstić information content (AvgIpc) is 2.60. The number of benzene rings is 1. The van der Waals surface area contributed by atoms with Crippen molar-refractivity contribution in [2.75, 3.05) is 40.8 Å². The molecule has 0 aliphatic rings. The minimum Gasteiger partial charge on any atom is -0.497 e. The van der Waals surface area contributed by atoms with E-state index in [-0.39, 0.29) is 24.0 Å². The van der Waals surface area contributed by atoms with Gasteiger partial charge in [0.1, 0.15) is 5.75 Å². The van der Waals surface area contributed by atoms with E-state index in [2.05, 4.69) is 53.6 Å². The van der Waals surface area contributed by atoms with E-state index < -0.39 is 0 Å². The number of guanidine groups is 1. The molecular weight excluding hydrogens is 427 g/mol. The molecule has 0 fully saturated rings. The molecule has 1 aromatic carbocycles. The van der Waals surface area contributed by atoms with Gasteiger partial charge in [0, 0.05) is 26.2 Å². The largest absolute Gasteiger partial charge is 0.497 e. The standard InChI is InChI=1S/C19H34N4O.HI/c1-16(2)23(4)15-7-6-13-21-19(20-3)22-14-12-17-8-10-18(24-5)11-9-17;/h8-11,16H,6-7,12-15H2,1-5H3,(H2,20,21,22);1H. The smallest absolute Gasteiger partial charge is 0.190 e. The van der Waals surface area contributed by atoms with Gasteiger partial charge in [0.25, 0.3) is 0 Å². The molecule has 1 rings (SSSR count). The van der Waals surface area contributed by atoms with Crippen molar-refractivity contribution in [1.29, 1.82) is 0 Å². The fourth-order valence-electron chi connectivity index (χ4n) is 2.29. The molecule has 6 heteroatoms. The Morgan fingerprint density at radius 1 is 1.12 bits per heavy atom. The second-order valence-corrected chi connectivity index (χ2v) is 6.31. The number of hydrogen-bond acceptors (Lipinski definition) is 3. The van der Waals surface area contributed by atoms with E-state index in [1.807, 2.05) is 19.2 Å². The first-order valence-electron chi connectivity index (χ1n) is 8.84. The van der Waals surface area contributed by atoms with E-state index in [0.29, 0.717) is 6.04 Å². The maximum absolute atomic E-state index is 5.17.